The van der Waals surface area contributed by atoms with Gasteiger partial charge in [0.2, 0.25) is 0 Å². The van der Waals surface area contributed by atoms with Crippen molar-refractivity contribution in [1.82, 2.24) is 0 Å². The summed E-state index contributed by atoms with van der Waals surface area (Å²) in [6.07, 6.45) is 14.4. The molecule has 0 aromatic heterocycles. The second-order valence-corrected chi connectivity index (χ2v) is 9.46. The lowest BCUT2D eigenvalue weighted by Crippen LogP contribution is -2.46. The van der Waals surface area contributed by atoms with Crippen LogP contribution in [-0.4, -0.2) is 23.9 Å². The van der Waals surface area contributed by atoms with E-state index < -0.39 is 5.54 Å². The number of ether oxygens (including phenoxy) is 1. The van der Waals surface area contributed by atoms with Crippen LogP contribution in [-0.2, 0) is 6.42 Å². The third kappa shape index (κ3) is 8.96. The minimum absolute atomic E-state index is 0.0855. The normalized spacial score (nSPS) is 16.8. The van der Waals surface area contributed by atoms with Gasteiger partial charge in [-0.25, -0.2) is 0 Å². The van der Waals surface area contributed by atoms with Crippen molar-refractivity contribution in [2.45, 2.75) is 96.4 Å². The average Bonchev–Trinajstić information content (AvgIpc) is 2.66. The number of rotatable bonds is 15. The van der Waals surface area contributed by atoms with Crippen LogP contribution in [0.1, 0.15) is 90.0 Å². The van der Waals surface area contributed by atoms with Crippen LogP contribution < -0.4 is 10.5 Å². The molecule has 1 atom stereocenters. The summed E-state index contributed by atoms with van der Waals surface area (Å²) in [4.78, 5) is 0. The van der Waals surface area contributed by atoms with Gasteiger partial charge in [0.15, 0.2) is 0 Å². The van der Waals surface area contributed by atoms with E-state index in [9.17, 15) is 5.11 Å². The molecule has 1 aromatic carbocycles. The molecule has 0 bridgehead atoms. The van der Waals surface area contributed by atoms with E-state index in [1.54, 1.807) is 0 Å². The first-order valence-electron chi connectivity index (χ1n) is 11.6. The molecule has 0 radical (unpaired) electrons. The summed E-state index contributed by atoms with van der Waals surface area (Å²) >= 11 is 0. The maximum absolute atomic E-state index is 9.74. The smallest absolute Gasteiger partial charge is 0.119 e. The van der Waals surface area contributed by atoms with Crippen LogP contribution in [0.3, 0.4) is 0 Å². The molecule has 3 N–H and O–H groups in total. The van der Waals surface area contributed by atoms with Gasteiger partial charge in [-0.15, -0.1) is 0 Å². The fourth-order valence-corrected chi connectivity index (χ4v) is 4.04. The Morgan fingerprint density at radius 2 is 1.75 bits per heavy atom. The second kappa shape index (κ2) is 12.5. The number of hydrogen-bond donors (Lipinski definition) is 2. The molecule has 3 nitrogen and oxygen atoms in total. The largest absolute Gasteiger partial charge is 0.494 e. The summed E-state index contributed by atoms with van der Waals surface area (Å²) in [7, 11) is 0. The molecule has 2 rings (SSSR count). The summed E-state index contributed by atoms with van der Waals surface area (Å²) in [6.45, 7) is 5.49. The Balaban J connectivity index is 1.59. The number of aliphatic hydroxyl groups is 1. The van der Waals surface area contributed by atoms with Crippen molar-refractivity contribution in [3.63, 3.8) is 0 Å². The van der Waals surface area contributed by atoms with Gasteiger partial charge in [0.1, 0.15) is 5.75 Å². The van der Waals surface area contributed by atoms with Crippen molar-refractivity contribution >= 4 is 0 Å². The standard InChI is InChI=1S/C25H43NO2/c1-21(2)9-6-4-3-5-7-18-28-24-14-12-22(13-15-24)16-17-25(26,20-27)19-23-10-8-11-23/h12-15,21,23,27H,3-11,16-20,26H2,1-2H3. The maximum Gasteiger partial charge on any atom is 0.119 e. The Hall–Kier alpha value is -1.06. The number of aryl methyl sites for hydroxylation is 1. The molecule has 0 heterocycles. The van der Waals surface area contributed by atoms with Gasteiger partial charge >= 0.3 is 0 Å². The third-order valence-corrected chi connectivity index (χ3v) is 6.26. The minimum atomic E-state index is -0.421. The highest BCUT2D eigenvalue weighted by Gasteiger charge is 2.30. The summed E-state index contributed by atoms with van der Waals surface area (Å²) < 4.78 is 5.88. The van der Waals surface area contributed by atoms with E-state index >= 15 is 0 Å². The first-order chi connectivity index (χ1) is 13.5. The van der Waals surface area contributed by atoms with Gasteiger partial charge in [0, 0.05) is 5.54 Å². The summed E-state index contributed by atoms with van der Waals surface area (Å²) in [5.41, 5.74) is 7.30. The Morgan fingerprint density at radius 3 is 2.36 bits per heavy atom. The summed E-state index contributed by atoms with van der Waals surface area (Å²) in [6, 6.07) is 8.42. The lowest BCUT2D eigenvalue weighted by molar-refractivity contribution is 0.135. The molecule has 1 saturated carbocycles. The topological polar surface area (TPSA) is 55.5 Å². The highest BCUT2D eigenvalue weighted by atomic mass is 16.5. The highest BCUT2D eigenvalue weighted by Crippen LogP contribution is 2.34. The fourth-order valence-electron chi connectivity index (χ4n) is 4.04. The molecule has 160 valence electrons. The molecular formula is C25H43NO2. The van der Waals surface area contributed by atoms with E-state index in [0.29, 0.717) is 0 Å². The summed E-state index contributed by atoms with van der Waals surface area (Å²) in [5.74, 6) is 2.52. The first-order valence-corrected chi connectivity index (χ1v) is 11.6. The molecule has 3 heteroatoms. The minimum Gasteiger partial charge on any atom is -0.494 e. The number of aliphatic hydroxyl groups excluding tert-OH is 1. The fraction of sp³-hybridized carbons (Fsp3) is 0.760. The van der Waals surface area contributed by atoms with Crippen LogP contribution in [0.5, 0.6) is 5.75 Å². The zero-order valence-electron chi connectivity index (χ0n) is 18.3. The van der Waals surface area contributed by atoms with Crippen molar-refractivity contribution in [1.29, 1.82) is 0 Å². The van der Waals surface area contributed by atoms with E-state index in [0.717, 1.165) is 49.9 Å². The van der Waals surface area contributed by atoms with Gasteiger partial charge in [0.05, 0.1) is 13.2 Å². The van der Waals surface area contributed by atoms with E-state index in [1.165, 1.54) is 56.9 Å². The molecule has 1 aliphatic rings. The van der Waals surface area contributed by atoms with Crippen LogP contribution in [0.2, 0.25) is 0 Å². The highest BCUT2D eigenvalue weighted by molar-refractivity contribution is 5.27. The number of unbranched alkanes of at least 4 members (excludes halogenated alkanes) is 4. The predicted octanol–water partition coefficient (Wildman–Crippen LogP) is 5.87. The van der Waals surface area contributed by atoms with Gasteiger partial charge in [-0.1, -0.05) is 77.3 Å². The molecular weight excluding hydrogens is 346 g/mol. The zero-order valence-corrected chi connectivity index (χ0v) is 18.3. The van der Waals surface area contributed by atoms with Crippen molar-refractivity contribution in [2.75, 3.05) is 13.2 Å². The lowest BCUT2D eigenvalue weighted by atomic mass is 9.75. The number of benzene rings is 1. The Morgan fingerprint density at radius 1 is 1.07 bits per heavy atom. The van der Waals surface area contributed by atoms with Crippen LogP contribution >= 0.6 is 0 Å². The van der Waals surface area contributed by atoms with E-state index in [-0.39, 0.29) is 6.61 Å². The lowest BCUT2D eigenvalue weighted by Gasteiger charge is -2.35. The summed E-state index contributed by atoms with van der Waals surface area (Å²) in [5, 5.41) is 9.74. The van der Waals surface area contributed by atoms with Gasteiger partial charge in [-0.3, -0.25) is 0 Å². The Kier molecular flexibility index (Phi) is 10.4. The van der Waals surface area contributed by atoms with Crippen molar-refractivity contribution < 1.29 is 9.84 Å². The van der Waals surface area contributed by atoms with Gasteiger partial charge in [-0.2, -0.15) is 0 Å². The Bertz CT molecular complexity index is 524. The maximum atomic E-state index is 9.74. The van der Waals surface area contributed by atoms with Crippen LogP contribution in [0, 0.1) is 11.8 Å². The molecule has 0 saturated heterocycles. The van der Waals surface area contributed by atoms with Gasteiger partial charge in [0.25, 0.3) is 0 Å². The molecule has 0 amide bonds. The molecule has 1 unspecified atom stereocenters. The van der Waals surface area contributed by atoms with Crippen LogP contribution in [0.4, 0.5) is 0 Å². The molecule has 0 spiro atoms. The van der Waals surface area contributed by atoms with Crippen LogP contribution in [0.25, 0.3) is 0 Å². The van der Waals surface area contributed by atoms with Crippen molar-refractivity contribution in [3.8, 4) is 5.75 Å². The number of nitrogens with two attached hydrogens (primary N) is 1. The molecule has 28 heavy (non-hydrogen) atoms. The third-order valence-electron chi connectivity index (χ3n) is 6.26. The molecule has 1 aliphatic carbocycles. The number of hydrogen-bond acceptors (Lipinski definition) is 3. The van der Waals surface area contributed by atoms with Gasteiger partial charge < -0.3 is 15.6 Å². The van der Waals surface area contributed by atoms with Gasteiger partial charge in [-0.05, 0) is 55.2 Å². The second-order valence-electron chi connectivity index (χ2n) is 9.46. The van der Waals surface area contributed by atoms with Crippen molar-refractivity contribution in [3.05, 3.63) is 29.8 Å². The predicted molar refractivity (Wildman–Crippen MR) is 119 cm³/mol. The quantitative estimate of drug-likeness (QED) is 0.369. The first kappa shape index (κ1) is 23.2. The van der Waals surface area contributed by atoms with E-state index in [2.05, 4.69) is 38.1 Å². The monoisotopic (exact) mass is 389 g/mol. The molecule has 1 fully saturated rings. The van der Waals surface area contributed by atoms with Crippen LogP contribution in [0.15, 0.2) is 24.3 Å². The molecule has 0 aliphatic heterocycles. The van der Waals surface area contributed by atoms with E-state index in [4.69, 9.17) is 10.5 Å². The van der Waals surface area contributed by atoms with Crippen molar-refractivity contribution in [2.24, 2.45) is 17.6 Å². The molecule has 1 aromatic rings. The van der Waals surface area contributed by atoms with E-state index in [1.807, 2.05) is 0 Å². The zero-order chi connectivity index (χ0) is 20.2. The average molecular weight is 390 g/mol. The SMILES string of the molecule is CC(C)CCCCCCCOc1ccc(CCC(N)(CO)CC2CCC2)cc1. The Labute approximate surface area is 173 Å².